The third-order valence-corrected chi connectivity index (χ3v) is 4.97. The van der Waals surface area contributed by atoms with E-state index in [4.69, 9.17) is 0 Å². The van der Waals surface area contributed by atoms with Gasteiger partial charge in [0.15, 0.2) is 5.82 Å². The van der Waals surface area contributed by atoms with Crippen molar-refractivity contribution in [3.8, 4) is 5.69 Å². The Hall–Kier alpha value is -2.86. The van der Waals surface area contributed by atoms with E-state index in [-0.39, 0.29) is 5.82 Å². The molecule has 12 heteroatoms. The van der Waals surface area contributed by atoms with Gasteiger partial charge < -0.3 is 0 Å². The first-order valence-electron chi connectivity index (χ1n) is 7.37. The van der Waals surface area contributed by atoms with Gasteiger partial charge in [0, 0.05) is 0 Å². The van der Waals surface area contributed by atoms with Crippen LogP contribution in [-0.4, -0.2) is 28.6 Å². The predicted octanol–water partition coefficient (Wildman–Crippen LogP) is 2.30. The minimum Gasteiger partial charge on any atom is -0.207 e. The zero-order chi connectivity index (χ0) is 19.7. The number of nitrogens with one attached hydrogen (secondary N) is 1. The van der Waals surface area contributed by atoms with Gasteiger partial charge in [-0.25, -0.2) is 17.5 Å². The molecule has 2 aromatic carbocycles. The first-order valence-corrected chi connectivity index (χ1v) is 8.86. The smallest absolute Gasteiger partial charge is 0.207 e. The fraction of sp³-hybridized carbons (Fsp3) is 0.133. The van der Waals surface area contributed by atoms with E-state index >= 15 is 0 Å². The Morgan fingerprint density at radius 2 is 1.70 bits per heavy atom. The average molecular weight is 401 g/mol. The highest BCUT2D eigenvalue weighted by molar-refractivity contribution is 7.89. The van der Waals surface area contributed by atoms with E-state index in [0.717, 1.165) is 28.9 Å². The molecule has 0 fully saturated rings. The lowest BCUT2D eigenvalue weighted by Gasteiger charge is -2.13. The Morgan fingerprint density at radius 3 is 2.37 bits per heavy atom. The van der Waals surface area contributed by atoms with Crippen LogP contribution in [0.5, 0.6) is 0 Å². The molecule has 142 valence electrons. The van der Waals surface area contributed by atoms with E-state index < -0.39 is 39.0 Å². The van der Waals surface area contributed by atoms with Gasteiger partial charge in [0.2, 0.25) is 10.0 Å². The van der Waals surface area contributed by atoms with Crippen molar-refractivity contribution in [2.75, 3.05) is 0 Å². The van der Waals surface area contributed by atoms with E-state index in [9.17, 15) is 26.0 Å². The van der Waals surface area contributed by atoms with Gasteiger partial charge in [-0.2, -0.15) is 17.9 Å². The van der Waals surface area contributed by atoms with Crippen LogP contribution < -0.4 is 4.72 Å². The maximum absolute atomic E-state index is 13.1. The number of aromatic nitrogens is 4. The Balaban J connectivity index is 1.86. The second-order valence-corrected chi connectivity index (χ2v) is 7.04. The summed E-state index contributed by atoms with van der Waals surface area (Å²) in [6.45, 7) is -0.473. The summed E-state index contributed by atoms with van der Waals surface area (Å²) in [5.41, 5.74) is -0.929. The van der Waals surface area contributed by atoms with Gasteiger partial charge in [-0.15, -0.1) is 5.10 Å². The number of nitrogens with zero attached hydrogens (tertiary/aromatic N) is 4. The number of hydrogen-bond donors (Lipinski definition) is 1. The summed E-state index contributed by atoms with van der Waals surface area (Å²) in [7, 11) is -4.49. The standard InChI is InChI=1S/C15H11F4N5O2S/c16-10-5-7-11(8-6-10)24-14(21-22-23-24)9-20-27(25,26)13-4-2-1-3-12(13)15(17,18)19/h1-8,20H,9H2. The lowest BCUT2D eigenvalue weighted by Crippen LogP contribution is -2.27. The first kappa shape index (κ1) is 18.9. The Morgan fingerprint density at radius 1 is 1.04 bits per heavy atom. The van der Waals surface area contributed by atoms with Gasteiger partial charge in [-0.3, -0.25) is 0 Å². The lowest BCUT2D eigenvalue weighted by atomic mass is 10.2. The van der Waals surface area contributed by atoms with Crippen LogP contribution in [0, 0.1) is 5.82 Å². The molecule has 0 bridgehead atoms. The lowest BCUT2D eigenvalue weighted by molar-refractivity contribution is -0.139. The molecule has 0 aliphatic rings. The maximum atomic E-state index is 13.1. The molecular formula is C15H11F4N5O2S. The van der Waals surface area contributed by atoms with Crippen molar-refractivity contribution in [1.82, 2.24) is 24.9 Å². The summed E-state index contributed by atoms with van der Waals surface area (Å²) in [6, 6.07) is 8.86. The molecule has 1 N–H and O–H groups in total. The molecule has 0 radical (unpaired) electrons. The molecular weight excluding hydrogens is 390 g/mol. The Labute approximate surface area is 150 Å². The van der Waals surface area contributed by atoms with Crippen molar-refractivity contribution >= 4 is 10.0 Å². The molecule has 0 saturated heterocycles. The van der Waals surface area contributed by atoms with E-state index in [1.165, 1.54) is 18.2 Å². The average Bonchev–Trinajstić information content (AvgIpc) is 3.09. The SMILES string of the molecule is O=S(=O)(NCc1nnnn1-c1ccc(F)cc1)c1ccccc1C(F)(F)F. The van der Waals surface area contributed by atoms with Gasteiger partial charge in [-0.05, 0) is 46.8 Å². The summed E-state index contributed by atoms with van der Waals surface area (Å²) < 4.78 is 80.0. The second-order valence-electron chi connectivity index (χ2n) is 5.30. The van der Waals surface area contributed by atoms with Gasteiger partial charge in [0.05, 0.1) is 22.7 Å². The molecule has 0 saturated carbocycles. The fourth-order valence-electron chi connectivity index (χ4n) is 2.27. The summed E-state index contributed by atoms with van der Waals surface area (Å²) >= 11 is 0. The molecule has 1 heterocycles. The summed E-state index contributed by atoms with van der Waals surface area (Å²) in [5, 5.41) is 10.7. The van der Waals surface area contributed by atoms with Crippen molar-refractivity contribution in [3.05, 3.63) is 65.7 Å². The van der Waals surface area contributed by atoms with Crippen molar-refractivity contribution in [3.63, 3.8) is 0 Å². The molecule has 7 nitrogen and oxygen atoms in total. The maximum Gasteiger partial charge on any atom is 0.417 e. The summed E-state index contributed by atoms with van der Waals surface area (Å²) in [6.07, 6.45) is -4.83. The van der Waals surface area contributed by atoms with Crippen molar-refractivity contribution in [1.29, 1.82) is 0 Å². The summed E-state index contributed by atoms with van der Waals surface area (Å²) in [5.74, 6) is -0.479. The van der Waals surface area contributed by atoms with E-state index in [1.54, 1.807) is 0 Å². The van der Waals surface area contributed by atoms with Crippen LogP contribution >= 0.6 is 0 Å². The Bertz CT molecular complexity index is 1050. The largest absolute Gasteiger partial charge is 0.417 e. The van der Waals surface area contributed by atoms with E-state index in [2.05, 4.69) is 15.5 Å². The van der Waals surface area contributed by atoms with Crippen LogP contribution in [0.4, 0.5) is 17.6 Å². The number of alkyl halides is 3. The van der Waals surface area contributed by atoms with Crippen LogP contribution in [0.3, 0.4) is 0 Å². The van der Waals surface area contributed by atoms with Crippen LogP contribution in [0.25, 0.3) is 5.69 Å². The van der Waals surface area contributed by atoms with Crippen molar-refractivity contribution < 1.29 is 26.0 Å². The number of sulfonamides is 1. The number of tetrazole rings is 1. The zero-order valence-corrected chi connectivity index (χ0v) is 14.2. The number of rotatable bonds is 5. The minimum atomic E-state index is -4.83. The molecule has 0 atom stereocenters. The molecule has 0 aliphatic carbocycles. The van der Waals surface area contributed by atoms with Gasteiger partial charge >= 0.3 is 6.18 Å². The molecule has 3 aromatic rings. The van der Waals surface area contributed by atoms with E-state index in [0.29, 0.717) is 11.8 Å². The highest BCUT2D eigenvalue weighted by atomic mass is 32.2. The molecule has 3 rings (SSSR count). The van der Waals surface area contributed by atoms with Crippen LogP contribution in [-0.2, 0) is 22.7 Å². The summed E-state index contributed by atoms with van der Waals surface area (Å²) in [4.78, 5) is -0.904. The Kier molecular flexibility index (Phi) is 4.93. The predicted molar refractivity (Wildman–Crippen MR) is 84.6 cm³/mol. The third-order valence-electron chi connectivity index (χ3n) is 3.51. The van der Waals surface area contributed by atoms with Crippen LogP contribution in [0.2, 0.25) is 0 Å². The molecule has 0 aliphatic heterocycles. The monoisotopic (exact) mass is 401 g/mol. The highest BCUT2D eigenvalue weighted by Gasteiger charge is 2.36. The molecule has 0 unspecified atom stereocenters. The molecule has 0 amide bonds. The highest BCUT2D eigenvalue weighted by Crippen LogP contribution is 2.33. The quantitative estimate of drug-likeness (QED) is 0.663. The first-order chi connectivity index (χ1) is 12.7. The van der Waals surface area contributed by atoms with Crippen LogP contribution in [0.15, 0.2) is 53.4 Å². The van der Waals surface area contributed by atoms with E-state index in [1.807, 2.05) is 4.72 Å². The normalized spacial score (nSPS) is 12.3. The number of halogens is 4. The zero-order valence-electron chi connectivity index (χ0n) is 13.4. The topological polar surface area (TPSA) is 89.8 Å². The number of benzene rings is 2. The van der Waals surface area contributed by atoms with Gasteiger partial charge in [0.25, 0.3) is 0 Å². The van der Waals surface area contributed by atoms with Crippen molar-refractivity contribution in [2.45, 2.75) is 17.6 Å². The van der Waals surface area contributed by atoms with Gasteiger partial charge in [-0.1, -0.05) is 12.1 Å². The third kappa shape index (κ3) is 4.11. The fourth-order valence-corrected chi connectivity index (χ4v) is 3.48. The molecule has 0 spiro atoms. The minimum absolute atomic E-state index is 0.00896. The second kappa shape index (κ2) is 7.04. The van der Waals surface area contributed by atoms with Crippen molar-refractivity contribution in [2.24, 2.45) is 0 Å². The van der Waals surface area contributed by atoms with Gasteiger partial charge in [0.1, 0.15) is 5.82 Å². The molecule has 1 aromatic heterocycles. The molecule has 27 heavy (non-hydrogen) atoms. The number of hydrogen-bond acceptors (Lipinski definition) is 5. The van der Waals surface area contributed by atoms with Crippen LogP contribution in [0.1, 0.15) is 11.4 Å².